The zero-order valence-corrected chi connectivity index (χ0v) is 10.6. The van der Waals surface area contributed by atoms with Crippen molar-refractivity contribution in [2.75, 3.05) is 6.61 Å². The van der Waals surface area contributed by atoms with E-state index in [1.165, 1.54) is 4.57 Å². The van der Waals surface area contributed by atoms with E-state index in [9.17, 15) is 4.79 Å². The summed E-state index contributed by atoms with van der Waals surface area (Å²) in [5, 5.41) is 8.80. The summed E-state index contributed by atoms with van der Waals surface area (Å²) in [5.41, 5.74) is 0.959. The Balaban J connectivity index is 0.000000686. The maximum atomic E-state index is 11.6. The number of hydrogen-bond donors (Lipinski definition) is 1. The fraction of sp³-hybridized carbons (Fsp3) is 0.333. The molecule has 5 heteroatoms. The third-order valence-electron chi connectivity index (χ3n) is 2.14. The molecule has 1 heterocycles. The lowest BCUT2D eigenvalue weighted by atomic mass is 10.3. The van der Waals surface area contributed by atoms with Gasteiger partial charge in [0.25, 0.3) is 5.56 Å². The van der Waals surface area contributed by atoms with Gasteiger partial charge in [-0.1, -0.05) is 37.6 Å². The van der Waals surface area contributed by atoms with Crippen LogP contribution in [0.5, 0.6) is 0 Å². The third-order valence-corrected chi connectivity index (χ3v) is 2.38. The Kier molecular flexibility index (Phi) is 5.12. The fourth-order valence-electron chi connectivity index (χ4n) is 1.48. The lowest BCUT2D eigenvalue weighted by molar-refractivity contribution is 0.276. The van der Waals surface area contributed by atoms with Crippen LogP contribution in [0.3, 0.4) is 0 Å². The molecule has 0 aliphatic rings. The summed E-state index contributed by atoms with van der Waals surface area (Å²) in [5.74, 6) is 0. The van der Waals surface area contributed by atoms with Crippen LogP contribution in [0.2, 0.25) is 5.15 Å². The van der Waals surface area contributed by atoms with Crippen LogP contribution in [-0.2, 0) is 6.54 Å². The van der Waals surface area contributed by atoms with Gasteiger partial charge in [0.2, 0.25) is 0 Å². The van der Waals surface area contributed by atoms with Crippen molar-refractivity contribution in [3.63, 3.8) is 0 Å². The van der Waals surface area contributed by atoms with E-state index in [1.807, 2.05) is 26.0 Å². The van der Waals surface area contributed by atoms with E-state index < -0.39 is 0 Å². The molecule has 0 saturated carbocycles. The van der Waals surface area contributed by atoms with E-state index in [-0.39, 0.29) is 23.9 Å². The summed E-state index contributed by atoms with van der Waals surface area (Å²) in [7, 11) is 0. The van der Waals surface area contributed by atoms with Gasteiger partial charge in [0.05, 0.1) is 17.6 Å². The number of rotatable bonds is 2. The Bertz CT molecular complexity index is 552. The molecule has 2 rings (SSSR count). The second-order valence-corrected chi connectivity index (χ2v) is 3.43. The van der Waals surface area contributed by atoms with Crippen molar-refractivity contribution in [2.45, 2.75) is 20.4 Å². The zero-order valence-electron chi connectivity index (χ0n) is 9.85. The van der Waals surface area contributed by atoms with Gasteiger partial charge in [-0.05, 0) is 12.1 Å². The van der Waals surface area contributed by atoms with Gasteiger partial charge in [0.1, 0.15) is 0 Å². The van der Waals surface area contributed by atoms with Crippen LogP contribution in [0.1, 0.15) is 13.8 Å². The van der Waals surface area contributed by atoms with Gasteiger partial charge in [-0.15, -0.1) is 0 Å². The predicted octanol–water partition coefficient (Wildman–Crippen LogP) is 2.07. The topological polar surface area (TPSA) is 55.1 Å². The second kappa shape index (κ2) is 6.37. The largest absolute Gasteiger partial charge is 0.395 e. The van der Waals surface area contributed by atoms with Crippen LogP contribution < -0.4 is 5.56 Å². The van der Waals surface area contributed by atoms with Crippen molar-refractivity contribution in [3.05, 3.63) is 39.8 Å². The Hall–Kier alpha value is -1.39. The quantitative estimate of drug-likeness (QED) is 0.893. The summed E-state index contributed by atoms with van der Waals surface area (Å²) in [6.45, 7) is 4.12. The molecule has 1 aromatic carbocycles. The first-order chi connectivity index (χ1) is 8.24. The molecule has 0 bridgehead atoms. The molecule has 0 aliphatic carbocycles. The Morgan fingerprint density at radius 1 is 1.35 bits per heavy atom. The van der Waals surface area contributed by atoms with Gasteiger partial charge in [0.15, 0.2) is 5.15 Å². The maximum Gasteiger partial charge on any atom is 0.288 e. The number of hydrogen-bond acceptors (Lipinski definition) is 3. The molecule has 1 N–H and O–H groups in total. The van der Waals surface area contributed by atoms with Crippen LogP contribution in [0.25, 0.3) is 11.0 Å². The van der Waals surface area contributed by atoms with Crippen molar-refractivity contribution < 1.29 is 5.11 Å². The van der Waals surface area contributed by atoms with Crippen molar-refractivity contribution in [1.82, 2.24) is 9.55 Å². The first-order valence-corrected chi connectivity index (χ1v) is 5.88. The maximum absolute atomic E-state index is 11.6. The summed E-state index contributed by atoms with van der Waals surface area (Å²) >= 11 is 5.70. The highest BCUT2D eigenvalue weighted by Crippen LogP contribution is 2.11. The van der Waals surface area contributed by atoms with Crippen molar-refractivity contribution >= 4 is 22.6 Å². The third kappa shape index (κ3) is 2.84. The average Bonchev–Trinajstić information content (AvgIpc) is 2.37. The average molecular weight is 255 g/mol. The number of aliphatic hydroxyl groups is 1. The first kappa shape index (κ1) is 13.7. The summed E-state index contributed by atoms with van der Waals surface area (Å²) < 4.78 is 1.42. The minimum absolute atomic E-state index is 0.0675. The number of aliphatic hydroxyl groups excluding tert-OH is 1. The fourth-order valence-corrected chi connectivity index (χ4v) is 1.68. The molecule has 0 spiro atoms. The second-order valence-electron chi connectivity index (χ2n) is 3.07. The van der Waals surface area contributed by atoms with E-state index in [0.717, 1.165) is 0 Å². The number of aromatic nitrogens is 2. The van der Waals surface area contributed by atoms with Crippen LogP contribution in [0.4, 0.5) is 0 Å². The van der Waals surface area contributed by atoms with Gasteiger partial charge in [-0.25, -0.2) is 4.98 Å². The monoisotopic (exact) mass is 254 g/mol. The molecule has 0 radical (unpaired) electrons. The molecule has 0 unspecified atom stereocenters. The van der Waals surface area contributed by atoms with E-state index in [4.69, 9.17) is 16.7 Å². The number of para-hydroxylation sites is 2. The highest BCUT2D eigenvalue weighted by Gasteiger charge is 2.07. The molecule has 1 aromatic heterocycles. The Morgan fingerprint density at radius 3 is 2.65 bits per heavy atom. The summed E-state index contributed by atoms with van der Waals surface area (Å²) in [6.07, 6.45) is 0. The predicted molar refractivity (Wildman–Crippen MR) is 69.4 cm³/mol. The van der Waals surface area contributed by atoms with Gasteiger partial charge < -0.3 is 9.67 Å². The van der Waals surface area contributed by atoms with Gasteiger partial charge in [0, 0.05) is 6.54 Å². The summed E-state index contributed by atoms with van der Waals surface area (Å²) in [6, 6.07) is 7.18. The van der Waals surface area contributed by atoms with Crippen LogP contribution >= 0.6 is 11.6 Å². The number of halogens is 1. The van der Waals surface area contributed by atoms with E-state index in [0.29, 0.717) is 11.0 Å². The molecule has 0 aliphatic heterocycles. The van der Waals surface area contributed by atoms with Crippen LogP contribution in [-0.4, -0.2) is 21.3 Å². The van der Waals surface area contributed by atoms with Crippen molar-refractivity contribution in [3.8, 4) is 0 Å². The number of benzene rings is 1. The van der Waals surface area contributed by atoms with E-state index in [2.05, 4.69) is 4.98 Å². The Morgan fingerprint density at radius 2 is 2.00 bits per heavy atom. The molecule has 4 nitrogen and oxygen atoms in total. The molecule has 0 saturated heterocycles. The molecular weight excluding hydrogens is 240 g/mol. The van der Waals surface area contributed by atoms with Gasteiger partial charge >= 0.3 is 0 Å². The van der Waals surface area contributed by atoms with Gasteiger partial charge in [-0.3, -0.25) is 4.79 Å². The first-order valence-electron chi connectivity index (χ1n) is 5.50. The van der Waals surface area contributed by atoms with E-state index in [1.54, 1.807) is 12.1 Å². The molecule has 0 atom stereocenters. The molecule has 17 heavy (non-hydrogen) atoms. The minimum atomic E-state index is -0.371. The van der Waals surface area contributed by atoms with E-state index >= 15 is 0 Å². The highest BCUT2D eigenvalue weighted by molar-refractivity contribution is 6.29. The van der Waals surface area contributed by atoms with Crippen molar-refractivity contribution in [1.29, 1.82) is 0 Å². The van der Waals surface area contributed by atoms with Crippen LogP contribution in [0.15, 0.2) is 29.1 Å². The molecule has 2 aromatic rings. The lowest BCUT2D eigenvalue weighted by Crippen LogP contribution is -2.23. The normalized spacial score (nSPS) is 9.88. The van der Waals surface area contributed by atoms with Gasteiger partial charge in [-0.2, -0.15) is 0 Å². The lowest BCUT2D eigenvalue weighted by Gasteiger charge is -2.07. The zero-order chi connectivity index (χ0) is 12.8. The number of nitrogens with zero attached hydrogens (tertiary/aromatic N) is 2. The van der Waals surface area contributed by atoms with Crippen LogP contribution in [0, 0.1) is 0 Å². The smallest absolute Gasteiger partial charge is 0.288 e. The molecule has 0 fully saturated rings. The number of fused-ring (bicyclic) bond motifs is 1. The Labute approximate surface area is 104 Å². The standard InChI is InChI=1S/C10H9ClN2O2.C2H6/c11-9-10(15)13(5-6-14)8-4-2-1-3-7(8)12-9;1-2/h1-4,14H,5-6H2;1-2H3. The molecular formula is C12H15ClN2O2. The molecule has 92 valence electrons. The highest BCUT2D eigenvalue weighted by atomic mass is 35.5. The SMILES string of the molecule is CC.O=c1c(Cl)nc2ccccc2n1CCO. The minimum Gasteiger partial charge on any atom is -0.395 e. The van der Waals surface area contributed by atoms with Crippen molar-refractivity contribution in [2.24, 2.45) is 0 Å². The molecule has 0 amide bonds. The summed E-state index contributed by atoms with van der Waals surface area (Å²) in [4.78, 5) is 15.6.